The van der Waals surface area contributed by atoms with E-state index >= 15 is 0 Å². The number of likely N-dealkylation sites (tertiary alicyclic amines) is 1. The van der Waals surface area contributed by atoms with Crippen LogP contribution in [-0.2, 0) is 4.79 Å². The van der Waals surface area contributed by atoms with E-state index in [-0.39, 0.29) is 27.7 Å². The van der Waals surface area contributed by atoms with Gasteiger partial charge in [0, 0.05) is 31.9 Å². The average Bonchev–Trinajstić information content (AvgIpc) is 3.32. The summed E-state index contributed by atoms with van der Waals surface area (Å²) in [6, 6.07) is 9.03. The van der Waals surface area contributed by atoms with Crippen molar-refractivity contribution in [3.63, 3.8) is 0 Å². The summed E-state index contributed by atoms with van der Waals surface area (Å²) in [5.41, 5.74) is 0.645. The van der Waals surface area contributed by atoms with Crippen LogP contribution >= 0.6 is 11.3 Å². The molecule has 3 amide bonds. The highest BCUT2D eigenvalue weighted by Gasteiger charge is 2.30. The Hall–Kier alpha value is -2.85. The second-order valence-corrected chi connectivity index (χ2v) is 8.62. The summed E-state index contributed by atoms with van der Waals surface area (Å²) in [5.74, 6) is -0.952. The zero-order valence-corrected chi connectivity index (χ0v) is 19.4. The number of likely N-dealkylation sites (N-methyl/N-ethyl adjacent to an activating group) is 1. The minimum atomic E-state index is -0.406. The van der Waals surface area contributed by atoms with Gasteiger partial charge in [0.2, 0.25) is 15.9 Å². The van der Waals surface area contributed by atoms with Gasteiger partial charge in [-0.25, -0.2) is 0 Å². The molecule has 0 aliphatic carbocycles. The summed E-state index contributed by atoms with van der Waals surface area (Å²) in [7, 11) is 0. The smallest absolute Gasteiger partial charge is 0.286 e. The van der Waals surface area contributed by atoms with Gasteiger partial charge in [0.25, 0.3) is 11.8 Å². The van der Waals surface area contributed by atoms with Gasteiger partial charge >= 0.3 is 0 Å². The first-order chi connectivity index (χ1) is 15.5. The van der Waals surface area contributed by atoms with Crippen LogP contribution in [0.4, 0.5) is 5.69 Å². The predicted molar refractivity (Wildman–Crippen MR) is 124 cm³/mol. The van der Waals surface area contributed by atoms with Gasteiger partial charge in [-0.15, -0.1) is 10.2 Å². The average molecular weight is 459 g/mol. The van der Waals surface area contributed by atoms with Crippen LogP contribution in [0.1, 0.15) is 46.3 Å². The number of hydrogen-bond acceptors (Lipinski definition) is 7. The molecule has 2 heterocycles. The van der Waals surface area contributed by atoms with Crippen LogP contribution < -0.4 is 10.6 Å². The molecule has 32 heavy (non-hydrogen) atoms. The molecule has 0 bridgehead atoms. The highest BCUT2D eigenvalue weighted by molar-refractivity contribution is 7.15. The third-order valence-electron chi connectivity index (χ3n) is 5.53. The maximum atomic E-state index is 12.9. The SMILES string of the molecule is CCN(CC)CCNC(=O)C1CCCN(C(=O)c2nnc(C(=O)Nc3ccccc3)s2)C1. The molecule has 1 aromatic heterocycles. The van der Waals surface area contributed by atoms with Gasteiger partial charge in [0.05, 0.1) is 5.92 Å². The number of rotatable bonds is 9. The molecule has 1 aliphatic heterocycles. The topological polar surface area (TPSA) is 108 Å². The fourth-order valence-electron chi connectivity index (χ4n) is 3.64. The van der Waals surface area contributed by atoms with Gasteiger partial charge < -0.3 is 20.4 Å². The maximum Gasteiger partial charge on any atom is 0.286 e. The van der Waals surface area contributed by atoms with Crippen LogP contribution in [0.5, 0.6) is 0 Å². The second-order valence-electron chi connectivity index (χ2n) is 7.64. The number of aromatic nitrogens is 2. The normalized spacial score (nSPS) is 16.1. The lowest BCUT2D eigenvalue weighted by Crippen LogP contribution is -2.46. The zero-order chi connectivity index (χ0) is 22.9. The van der Waals surface area contributed by atoms with Crippen LogP contribution in [0.2, 0.25) is 0 Å². The number of carbonyl (C=O) groups is 3. The fourth-order valence-corrected chi connectivity index (χ4v) is 4.35. The third-order valence-corrected chi connectivity index (χ3v) is 6.44. The van der Waals surface area contributed by atoms with E-state index in [0.29, 0.717) is 25.3 Å². The first kappa shape index (κ1) is 23.8. The van der Waals surface area contributed by atoms with E-state index in [1.807, 2.05) is 18.2 Å². The molecule has 0 radical (unpaired) electrons. The summed E-state index contributed by atoms with van der Waals surface area (Å²) in [5, 5.41) is 13.8. The maximum absolute atomic E-state index is 12.9. The Bertz CT molecular complexity index is 915. The molecular formula is C22H30N6O3S. The monoisotopic (exact) mass is 458 g/mol. The molecule has 0 spiro atoms. The molecule has 9 nitrogen and oxygen atoms in total. The number of hydrogen-bond donors (Lipinski definition) is 2. The predicted octanol–water partition coefficient (Wildman–Crippen LogP) is 2.10. The standard InChI is InChI=1S/C22H30N6O3S/c1-3-27(4-2)14-12-23-18(29)16-9-8-13-28(15-16)22(31)21-26-25-20(32-21)19(30)24-17-10-6-5-7-11-17/h5-7,10-11,16H,3-4,8-9,12-15H2,1-2H3,(H,23,29)(H,24,30). The molecule has 0 saturated carbocycles. The number of nitrogens with one attached hydrogen (secondary N) is 2. The van der Waals surface area contributed by atoms with Crippen molar-refractivity contribution in [3.05, 3.63) is 40.3 Å². The molecule has 1 atom stereocenters. The number of carbonyl (C=O) groups excluding carboxylic acids is 3. The van der Waals surface area contributed by atoms with E-state index in [1.54, 1.807) is 17.0 Å². The molecule has 1 saturated heterocycles. The summed E-state index contributed by atoms with van der Waals surface area (Å²) >= 11 is 0.962. The molecule has 1 aromatic carbocycles. The lowest BCUT2D eigenvalue weighted by Gasteiger charge is -2.31. The van der Waals surface area contributed by atoms with Gasteiger partial charge in [0.15, 0.2) is 0 Å². The lowest BCUT2D eigenvalue weighted by molar-refractivity contribution is -0.126. The Morgan fingerprint density at radius 3 is 2.56 bits per heavy atom. The van der Waals surface area contributed by atoms with Crippen molar-refractivity contribution in [2.75, 3.05) is 44.6 Å². The van der Waals surface area contributed by atoms with E-state index in [2.05, 4.69) is 39.6 Å². The first-order valence-electron chi connectivity index (χ1n) is 11.0. The summed E-state index contributed by atoms with van der Waals surface area (Å²) in [6.45, 7) is 8.42. The van der Waals surface area contributed by atoms with E-state index < -0.39 is 5.91 Å². The van der Waals surface area contributed by atoms with E-state index in [9.17, 15) is 14.4 Å². The zero-order valence-electron chi connectivity index (χ0n) is 18.5. The summed E-state index contributed by atoms with van der Waals surface area (Å²) < 4.78 is 0. The molecule has 2 aromatic rings. The quantitative estimate of drug-likeness (QED) is 0.596. The molecule has 1 aliphatic rings. The fraction of sp³-hybridized carbons (Fsp3) is 0.500. The Labute approximate surface area is 192 Å². The highest BCUT2D eigenvalue weighted by atomic mass is 32.1. The molecule has 172 valence electrons. The molecule has 2 N–H and O–H groups in total. The number of anilines is 1. The van der Waals surface area contributed by atoms with Gasteiger partial charge in [-0.05, 0) is 38.1 Å². The van der Waals surface area contributed by atoms with Crippen molar-refractivity contribution in [1.82, 2.24) is 25.3 Å². The minimum Gasteiger partial charge on any atom is -0.355 e. The molecule has 1 fully saturated rings. The number of nitrogens with zero attached hydrogens (tertiary/aromatic N) is 4. The summed E-state index contributed by atoms with van der Waals surface area (Å²) in [4.78, 5) is 41.7. The van der Waals surface area contributed by atoms with Crippen LogP contribution in [-0.4, -0.2) is 77.0 Å². The third kappa shape index (κ3) is 6.33. The van der Waals surface area contributed by atoms with Crippen LogP contribution in [0.3, 0.4) is 0 Å². The Morgan fingerprint density at radius 1 is 1.12 bits per heavy atom. The van der Waals surface area contributed by atoms with Crippen molar-refractivity contribution in [1.29, 1.82) is 0 Å². The van der Waals surface area contributed by atoms with E-state index in [0.717, 1.165) is 43.8 Å². The Balaban J connectivity index is 1.53. The van der Waals surface area contributed by atoms with E-state index in [4.69, 9.17) is 0 Å². The summed E-state index contributed by atoms with van der Waals surface area (Å²) in [6.07, 6.45) is 1.50. The van der Waals surface area contributed by atoms with Crippen LogP contribution in [0, 0.1) is 5.92 Å². The molecule has 10 heteroatoms. The molecular weight excluding hydrogens is 428 g/mol. The minimum absolute atomic E-state index is 0.0187. The first-order valence-corrected chi connectivity index (χ1v) is 11.8. The van der Waals surface area contributed by atoms with Gasteiger partial charge in [-0.1, -0.05) is 43.4 Å². The largest absolute Gasteiger partial charge is 0.355 e. The second kappa shape index (κ2) is 11.7. The van der Waals surface area contributed by atoms with Crippen LogP contribution in [0.15, 0.2) is 30.3 Å². The Morgan fingerprint density at radius 2 is 1.84 bits per heavy atom. The lowest BCUT2D eigenvalue weighted by atomic mass is 9.97. The van der Waals surface area contributed by atoms with E-state index in [1.165, 1.54) is 0 Å². The van der Waals surface area contributed by atoms with Crippen LogP contribution in [0.25, 0.3) is 0 Å². The molecule has 1 unspecified atom stereocenters. The van der Waals surface area contributed by atoms with Crippen molar-refractivity contribution >= 4 is 34.7 Å². The van der Waals surface area contributed by atoms with Gasteiger partial charge in [-0.3, -0.25) is 14.4 Å². The van der Waals surface area contributed by atoms with Gasteiger partial charge in [0.1, 0.15) is 0 Å². The van der Waals surface area contributed by atoms with Crippen molar-refractivity contribution in [2.24, 2.45) is 5.92 Å². The van der Waals surface area contributed by atoms with Crippen molar-refractivity contribution < 1.29 is 14.4 Å². The van der Waals surface area contributed by atoms with Gasteiger partial charge in [-0.2, -0.15) is 0 Å². The Kier molecular flexibility index (Phi) is 8.69. The number of piperidine rings is 1. The van der Waals surface area contributed by atoms with Crippen molar-refractivity contribution in [3.8, 4) is 0 Å². The van der Waals surface area contributed by atoms with Crippen molar-refractivity contribution in [2.45, 2.75) is 26.7 Å². The highest BCUT2D eigenvalue weighted by Crippen LogP contribution is 2.21. The number of amides is 3. The number of benzene rings is 1. The molecule has 3 rings (SSSR count). The number of para-hydroxylation sites is 1.